The first-order chi connectivity index (χ1) is 32.2. The summed E-state index contributed by atoms with van der Waals surface area (Å²) in [5, 5.41) is 1.93. The summed E-state index contributed by atoms with van der Waals surface area (Å²) in [4.78, 5) is 25.8. The first kappa shape index (κ1) is 40.2. The van der Waals surface area contributed by atoms with Gasteiger partial charge in [0.15, 0.2) is 23.3 Å². The van der Waals surface area contributed by atoms with Crippen LogP contribution in [0.2, 0.25) is 0 Å². The lowest BCUT2D eigenvalue weighted by Crippen LogP contribution is -2.05. The van der Waals surface area contributed by atoms with Crippen molar-refractivity contribution in [2.75, 3.05) is 0 Å². The molecule has 0 spiro atoms. The largest absolute Gasteiger partial charge is 0.416 e. The van der Waals surface area contributed by atoms with E-state index in [4.69, 9.17) is 24.9 Å². The molecule has 11 rings (SSSR count). The van der Waals surface area contributed by atoms with Gasteiger partial charge in [-0.25, -0.2) is 24.9 Å². The maximum absolute atomic E-state index is 13.7. The van der Waals surface area contributed by atoms with E-state index < -0.39 is 11.7 Å². The topological polar surface area (TPSA) is 69.4 Å². The summed E-state index contributed by atoms with van der Waals surface area (Å²) in [5.41, 5.74) is 10.6. The van der Waals surface area contributed by atoms with Crippen molar-refractivity contribution >= 4 is 21.8 Å². The molecule has 6 nitrogen and oxygen atoms in total. The zero-order chi connectivity index (χ0) is 44.8. The molecular formula is C57H37F3N6. The highest BCUT2D eigenvalue weighted by Crippen LogP contribution is 2.41. The number of hydrogen-bond donors (Lipinski definition) is 0. The van der Waals surface area contributed by atoms with Gasteiger partial charge in [-0.3, -0.25) is 0 Å². The normalized spacial score (nSPS) is 11.6. The molecule has 0 atom stereocenters. The Morgan fingerprint density at radius 1 is 0.364 bits per heavy atom. The third-order valence-electron chi connectivity index (χ3n) is 11.8. The lowest BCUT2D eigenvalue weighted by Gasteiger charge is -2.17. The van der Waals surface area contributed by atoms with Crippen LogP contribution in [-0.4, -0.2) is 29.5 Å². The van der Waals surface area contributed by atoms with Gasteiger partial charge < -0.3 is 4.57 Å². The molecule has 0 radical (unpaired) electrons. The second kappa shape index (κ2) is 16.5. The predicted molar refractivity (Wildman–Crippen MR) is 258 cm³/mol. The molecule has 0 aliphatic carbocycles. The molecule has 11 aromatic rings. The van der Waals surface area contributed by atoms with Gasteiger partial charge in [0.1, 0.15) is 0 Å². The van der Waals surface area contributed by atoms with Crippen molar-refractivity contribution in [2.24, 2.45) is 0 Å². The monoisotopic (exact) mass is 862 g/mol. The highest BCUT2D eigenvalue weighted by Gasteiger charge is 2.31. The number of hydrogen-bond acceptors (Lipinski definition) is 5. The summed E-state index contributed by atoms with van der Waals surface area (Å²) >= 11 is 0. The number of aryl methyl sites for hydroxylation is 1. The van der Waals surface area contributed by atoms with E-state index in [0.717, 1.165) is 89.5 Å². The van der Waals surface area contributed by atoms with Crippen LogP contribution >= 0.6 is 0 Å². The molecular weight excluding hydrogens is 826 g/mol. The van der Waals surface area contributed by atoms with E-state index in [1.807, 2.05) is 158 Å². The van der Waals surface area contributed by atoms with Crippen LogP contribution in [0.5, 0.6) is 0 Å². The Kier molecular flexibility index (Phi) is 10.1. The quantitative estimate of drug-likeness (QED) is 0.152. The highest BCUT2D eigenvalue weighted by molar-refractivity contribution is 6.11. The molecule has 0 unspecified atom stereocenters. The number of aromatic nitrogens is 6. The van der Waals surface area contributed by atoms with Gasteiger partial charge in [-0.2, -0.15) is 13.2 Å². The van der Waals surface area contributed by atoms with Crippen molar-refractivity contribution in [1.29, 1.82) is 0 Å². The molecule has 3 aromatic heterocycles. The number of halogens is 3. The molecule has 0 aliphatic rings. The van der Waals surface area contributed by atoms with Gasteiger partial charge in [0.2, 0.25) is 0 Å². The third-order valence-corrected chi connectivity index (χ3v) is 11.8. The van der Waals surface area contributed by atoms with Gasteiger partial charge in [0.05, 0.1) is 33.7 Å². The third kappa shape index (κ3) is 7.56. The molecule has 0 saturated heterocycles. The highest BCUT2D eigenvalue weighted by atomic mass is 19.4. The van der Waals surface area contributed by atoms with Crippen LogP contribution in [0.15, 0.2) is 206 Å². The molecule has 9 heteroatoms. The van der Waals surface area contributed by atoms with Gasteiger partial charge in [-0.1, -0.05) is 152 Å². The van der Waals surface area contributed by atoms with Gasteiger partial charge in [-0.05, 0) is 78.2 Å². The zero-order valence-electron chi connectivity index (χ0n) is 35.4. The van der Waals surface area contributed by atoms with E-state index in [9.17, 15) is 13.2 Å². The van der Waals surface area contributed by atoms with Gasteiger partial charge in [0.25, 0.3) is 0 Å². The molecule has 0 saturated carbocycles. The Labute approximate surface area is 378 Å². The molecule has 0 amide bonds. The molecule has 0 N–H and O–H groups in total. The van der Waals surface area contributed by atoms with Gasteiger partial charge >= 0.3 is 6.18 Å². The maximum atomic E-state index is 13.7. The number of fused-ring (bicyclic) bond motifs is 3. The average Bonchev–Trinajstić information content (AvgIpc) is 3.70. The summed E-state index contributed by atoms with van der Waals surface area (Å²) < 4.78 is 43.3. The molecule has 66 heavy (non-hydrogen) atoms. The van der Waals surface area contributed by atoms with Gasteiger partial charge in [0, 0.05) is 44.2 Å². The Morgan fingerprint density at radius 2 is 0.864 bits per heavy atom. The van der Waals surface area contributed by atoms with E-state index in [0.29, 0.717) is 28.9 Å². The Balaban J connectivity index is 1.17. The number of alkyl halides is 3. The molecule has 3 heterocycles. The number of nitrogens with zero attached hydrogens (tertiary/aromatic N) is 6. The predicted octanol–water partition coefficient (Wildman–Crippen LogP) is 14.8. The van der Waals surface area contributed by atoms with Crippen LogP contribution in [0.25, 0.3) is 107 Å². The van der Waals surface area contributed by atoms with Crippen LogP contribution in [0, 0.1) is 6.92 Å². The fourth-order valence-electron chi connectivity index (χ4n) is 8.63. The van der Waals surface area contributed by atoms with Crippen molar-refractivity contribution in [1.82, 2.24) is 29.5 Å². The van der Waals surface area contributed by atoms with Crippen LogP contribution in [-0.2, 0) is 6.18 Å². The molecule has 0 aliphatic heterocycles. The molecule has 0 fully saturated rings. The number of rotatable bonds is 8. The van der Waals surface area contributed by atoms with E-state index in [2.05, 4.69) is 34.9 Å². The maximum Gasteiger partial charge on any atom is 0.416 e. The SMILES string of the molecule is Cc1cc(C(F)(F)F)ccc1-c1ccc2c(c1)c1ccccc1n2-c1ccc(-c2nc(-c3ccccc3)nc(-c3ccccc3)n2)cc1-c1nc(-c2ccccc2)cc(-c2ccccc2)n1. The minimum Gasteiger partial charge on any atom is -0.309 e. The van der Waals surface area contributed by atoms with Gasteiger partial charge in [-0.15, -0.1) is 0 Å². The first-order valence-electron chi connectivity index (χ1n) is 21.5. The smallest absolute Gasteiger partial charge is 0.309 e. The van der Waals surface area contributed by atoms with Crippen molar-refractivity contribution in [3.63, 3.8) is 0 Å². The summed E-state index contributed by atoms with van der Waals surface area (Å²) in [6.45, 7) is 1.72. The Hall–Kier alpha value is -8.56. The van der Waals surface area contributed by atoms with Crippen LogP contribution in [0.4, 0.5) is 13.2 Å². The lowest BCUT2D eigenvalue weighted by atomic mass is 9.97. The first-order valence-corrected chi connectivity index (χ1v) is 21.5. The summed E-state index contributed by atoms with van der Waals surface area (Å²) in [5.74, 6) is 2.06. The Bertz CT molecular complexity index is 3460. The standard InChI is InChI=1S/C57H37F3N6/c1-36-32-43(57(58,59)60)28-29-44(36)41-26-30-51-46(33-41)45-24-14-15-25-50(45)66(51)52-31-27-42(55-64-53(39-20-10-4-11-21-39)63-54(65-55)40-22-12-5-13-23-40)34-47(52)56-61-48(37-16-6-2-7-17-37)35-49(62-56)38-18-8-3-9-19-38/h2-35H,1H3. The Morgan fingerprint density at radius 3 is 1.42 bits per heavy atom. The fraction of sp³-hybridized carbons (Fsp3) is 0.0351. The van der Waals surface area contributed by atoms with Crippen molar-refractivity contribution in [3.8, 4) is 84.9 Å². The van der Waals surface area contributed by atoms with E-state index >= 15 is 0 Å². The second-order valence-electron chi connectivity index (χ2n) is 16.1. The lowest BCUT2D eigenvalue weighted by molar-refractivity contribution is -0.137. The molecule has 8 aromatic carbocycles. The van der Waals surface area contributed by atoms with Crippen molar-refractivity contribution < 1.29 is 13.2 Å². The summed E-state index contributed by atoms with van der Waals surface area (Å²) in [6.07, 6.45) is -4.43. The van der Waals surface area contributed by atoms with Crippen LogP contribution < -0.4 is 0 Å². The minimum atomic E-state index is -4.43. The van der Waals surface area contributed by atoms with Crippen LogP contribution in [0.1, 0.15) is 11.1 Å². The second-order valence-corrected chi connectivity index (χ2v) is 16.1. The molecule has 316 valence electrons. The van der Waals surface area contributed by atoms with E-state index in [1.165, 1.54) is 6.07 Å². The molecule has 0 bridgehead atoms. The van der Waals surface area contributed by atoms with Crippen molar-refractivity contribution in [3.05, 3.63) is 217 Å². The number of para-hydroxylation sites is 1. The minimum absolute atomic E-state index is 0.483. The van der Waals surface area contributed by atoms with Crippen molar-refractivity contribution in [2.45, 2.75) is 13.1 Å². The summed E-state index contributed by atoms with van der Waals surface area (Å²) in [6, 6.07) is 66.2. The average molecular weight is 863 g/mol. The summed E-state index contributed by atoms with van der Waals surface area (Å²) in [7, 11) is 0. The number of benzene rings is 8. The van der Waals surface area contributed by atoms with E-state index in [1.54, 1.807) is 13.0 Å². The van der Waals surface area contributed by atoms with Crippen LogP contribution in [0.3, 0.4) is 0 Å². The fourth-order valence-corrected chi connectivity index (χ4v) is 8.63. The zero-order valence-corrected chi connectivity index (χ0v) is 35.4. The van der Waals surface area contributed by atoms with E-state index in [-0.39, 0.29) is 0 Å².